The summed E-state index contributed by atoms with van der Waals surface area (Å²) in [5, 5.41) is 3.16. The van der Waals surface area contributed by atoms with Crippen LogP contribution in [0, 0.1) is 0 Å². The molecule has 5 heteroatoms. The fourth-order valence-corrected chi connectivity index (χ4v) is 7.98. The van der Waals surface area contributed by atoms with Gasteiger partial charge in [-0.05, 0) is 64.1 Å². The van der Waals surface area contributed by atoms with Crippen molar-refractivity contribution in [3.63, 3.8) is 0 Å². The van der Waals surface area contributed by atoms with E-state index in [4.69, 9.17) is 9.47 Å². The van der Waals surface area contributed by atoms with Crippen molar-refractivity contribution in [2.75, 3.05) is 0 Å². The zero-order valence-corrected chi connectivity index (χ0v) is 20.4. The van der Waals surface area contributed by atoms with E-state index in [2.05, 4.69) is 0 Å². The maximum absolute atomic E-state index is 13.7. The van der Waals surface area contributed by atoms with E-state index in [0.29, 0.717) is 5.31 Å². The van der Waals surface area contributed by atoms with Crippen LogP contribution in [0.25, 0.3) is 0 Å². The van der Waals surface area contributed by atoms with Crippen LogP contribution in [0.5, 0.6) is 0 Å². The molecule has 0 atom stereocenters. The summed E-state index contributed by atoms with van der Waals surface area (Å²) >= 11 is 0. The minimum Gasteiger partial charge on any atom is -0.460 e. The monoisotopic (exact) mass is 461 g/mol. The maximum atomic E-state index is 13.7. The lowest BCUT2D eigenvalue weighted by atomic mass is 10.3. The molecule has 0 aliphatic rings. The van der Waals surface area contributed by atoms with Crippen LogP contribution in [0.2, 0.25) is 0 Å². The average molecular weight is 462 g/mol. The van der Waals surface area contributed by atoms with Crippen molar-refractivity contribution in [1.82, 2.24) is 0 Å². The third-order valence-corrected chi connectivity index (χ3v) is 9.20. The molecule has 0 N–H and O–H groups in total. The summed E-state index contributed by atoms with van der Waals surface area (Å²) < 4.78 is 11.1. The molecule has 3 aromatic carbocycles. The molecule has 0 aliphatic carbocycles. The summed E-state index contributed by atoms with van der Waals surface area (Å²) in [5.74, 6) is -1.08. The second-order valence-corrected chi connectivity index (χ2v) is 11.5. The van der Waals surface area contributed by atoms with Crippen LogP contribution in [-0.4, -0.2) is 24.1 Å². The van der Waals surface area contributed by atoms with Crippen molar-refractivity contribution < 1.29 is 19.1 Å². The van der Waals surface area contributed by atoms with Crippen LogP contribution in [0.3, 0.4) is 0 Å². The highest BCUT2D eigenvalue weighted by Gasteiger charge is 2.53. The molecule has 3 aromatic rings. The van der Waals surface area contributed by atoms with E-state index in [9.17, 15) is 9.59 Å². The van der Waals surface area contributed by atoms with E-state index in [1.807, 2.05) is 91.0 Å². The molecule has 3 rings (SSSR count). The van der Waals surface area contributed by atoms with E-state index in [1.165, 1.54) is 6.08 Å². The summed E-state index contributed by atoms with van der Waals surface area (Å²) in [6.45, 7) is 7.17. The molecule has 0 saturated heterocycles. The zero-order valence-electron chi connectivity index (χ0n) is 19.5. The molecule has 0 heterocycles. The predicted molar refractivity (Wildman–Crippen MR) is 136 cm³/mol. The lowest BCUT2D eigenvalue weighted by Gasteiger charge is -2.28. The number of hydrogen-bond acceptors (Lipinski definition) is 4. The highest BCUT2D eigenvalue weighted by molar-refractivity contribution is 7.99. The number of esters is 2. The maximum Gasteiger partial charge on any atom is 0.375 e. The molecule has 0 amide bonds. The fraction of sp³-hybridized carbons (Fsp3) is 0.214. The van der Waals surface area contributed by atoms with E-state index in [-0.39, 0.29) is 12.2 Å². The van der Waals surface area contributed by atoms with E-state index >= 15 is 0 Å². The van der Waals surface area contributed by atoms with Gasteiger partial charge in [0.25, 0.3) is 0 Å². The molecule has 170 valence electrons. The molecule has 0 radical (unpaired) electrons. The molecule has 0 spiro atoms. The minimum absolute atomic E-state index is 0.311. The second-order valence-electron chi connectivity index (χ2n) is 8.15. The number of carbonyl (C=O) groups excluding carboxylic acids is 2. The minimum atomic E-state index is -2.79. The van der Waals surface area contributed by atoms with Gasteiger partial charge in [0.2, 0.25) is 5.31 Å². The summed E-state index contributed by atoms with van der Waals surface area (Å²) in [7, 11) is -2.79. The van der Waals surface area contributed by atoms with Crippen LogP contribution in [0.4, 0.5) is 0 Å². The fourth-order valence-electron chi connectivity index (χ4n) is 3.76. The second kappa shape index (κ2) is 11.1. The van der Waals surface area contributed by atoms with E-state index in [1.54, 1.807) is 27.7 Å². The SMILES string of the molecule is CC(C)OC(=O)/C=C(\C(=O)OC(C)C)[P+](c1ccccc1)(c1ccccc1)c1ccccc1. The molecule has 0 aliphatic heterocycles. The summed E-state index contributed by atoms with van der Waals surface area (Å²) in [4.78, 5) is 26.6. The van der Waals surface area contributed by atoms with Gasteiger partial charge in [0.1, 0.15) is 15.9 Å². The van der Waals surface area contributed by atoms with Crippen molar-refractivity contribution >= 4 is 35.1 Å². The van der Waals surface area contributed by atoms with Gasteiger partial charge in [-0.2, -0.15) is 0 Å². The van der Waals surface area contributed by atoms with Gasteiger partial charge in [-0.25, -0.2) is 9.59 Å². The van der Waals surface area contributed by atoms with Crippen molar-refractivity contribution in [1.29, 1.82) is 0 Å². The molecule has 0 fully saturated rings. The van der Waals surface area contributed by atoms with Gasteiger partial charge in [0, 0.05) is 0 Å². The zero-order chi connectivity index (χ0) is 23.8. The van der Waals surface area contributed by atoms with Crippen molar-refractivity contribution in [2.24, 2.45) is 0 Å². The van der Waals surface area contributed by atoms with E-state index < -0.39 is 19.2 Å². The number of benzene rings is 3. The van der Waals surface area contributed by atoms with Crippen LogP contribution in [0.15, 0.2) is 102 Å². The standard InChI is InChI=1S/C28H30O4P/c1-21(2)31-27(29)20-26(28(30)32-22(3)4)33(23-14-8-5-9-15-23,24-16-10-6-11-17-24)25-18-12-7-13-19-25/h5-22H,1-4H3/q+1/b26-20+. The first-order valence-corrected chi connectivity index (χ1v) is 12.8. The van der Waals surface area contributed by atoms with Crippen LogP contribution < -0.4 is 15.9 Å². The van der Waals surface area contributed by atoms with Crippen LogP contribution >= 0.6 is 7.26 Å². The largest absolute Gasteiger partial charge is 0.460 e. The number of carbonyl (C=O) groups is 2. The normalized spacial score (nSPS) is 12.0. The lowest BCUT2D eigenvalue weighted by Crippen LogP contribution is -2.36. The topological polar surface area (TPSA) is 52.6 Å². The van der Waals surface area contributed by atoms with Gasteiger partial charge in [-0.3, -0.25) is 0 Å². The van der Waals surface area contributed by atoms with Crippen LogP contribution in [0.1, 0.15) is 27.7 Å². The highest BCUT2D eigenvalue weighted by Crippen LogP contribution is 2.62. The van der Waals surface area contributed by atoms with Crippen molar-refractivity contribution in [3.05, 3.63) is 102 Å². The van der Waals surface area contributed by atoms with Gasteiger partial charge < -0.3 is 9.47 Å². The molecule has 0 saturated carbocycles. The Morgan fingerprint density at radius 1 is 0.636 bits per heavy atom. The van der Waals surface area contributed by atoms with Gasteiger partial charge in [0.05, 0.1) is 18.3 Å². The smallest absolute Gasteiger partial charge is 0.375 e. The summed E-state index contributed by atoms with van der Waals surface area (Å²) in [6.07, 6.45) is 0.686. The van der Waals surface area contributed by atoms with Gasteiger partial charge >= 0.3 is 11.9 Å². The number of ether oxygens (including phenoxy) is 2. The van der Waals surface area contributed by atoms with Gasteiger partial charge in [0.15, 0.2) is 7.26 Å². The molecular formula is C28H30O4P+. The quantitative estimate of drug-likeness (QED) is 0.276. The third kappa shape index (κ3) is 5.58. The Balaban J connectivity index is 2.43. The Hall–Kier alpha value is -3.23. The van der Waals surface area contributed by atoms with Gasteiger partial charge in [-0.1, -0.05) is 54.6 Å². The Morgan fingerprint density at radius 3 is 1.33 bits per heavy atom. The summed E-state index contributed by atoms with van der Waals surface area (Å²) in [6, 6.07) is 29.6. The van der Waals surface area contributed by atoms with Crippen LogP contribution in [-0.2, 0) is 19.1 Å². The average Bonchev–Trinajstić information content (AvgIpc) is 2.80. The predicted octanol–water partition coefficient (Wildman–Crippen LogP) is 4.77. The molecule has 0 unspecified atom stereocenters. The van der Waals surface area contributed by atoms with Crippen molar-refractivity contribution in [2.45, 2.75) is 39.9 Å². The molecule has 0 bridgehead atoms. The van der Waals surface area contributed by atoms with Gasteiger partial charge in [-0.15, -0.1) is 0 Å². The Bertz CT molecular complexity index is 994. The highest BCUT2D eigenvalue weighted by atomic mass is 31.2. The first kappa shape index (κ1) is 24.4. The van der Waals surface area contributed by atoms with Crippen molar-refractivity contribution in [3.8, 4) is 0 Å². The van der Waals surface area contributed by atoms with E-state index in [0.717, 1.165) is 15.9 Å². The first-order valence-electron chi connectivity index (χ1n) is 11.1. The molecule has 33 heavy (non-hydrogen) atoms. The molecular weight excluding hydrogens is 431 g/mol. The number of hydrogen-bond donors (Lipinski definition) is 0. The Kier molecular flexibility index (Phi) is 8.19. The summed E-state index contributed by atoms with van der Waals surface area (Å²) in [5.41, 5.74) is 0. The lowest BCUT2D eigenvalue weighted by molar-refractivity contribution is -0.144. The molecule has 4 nitrogen and oxygen atoms in total. The third-order valence-electron chi connectivity index (χ3n) is 4.95. The molecule has 0 aromatic heterocycles. The first-order chi connectivity index (χ1) is 15.9. The number of rotatable bonds is 8. The Labute approximate surface area is 196 Å². The Morgan fingerprint density at radius 2 is 1.00 bits per heavy atom.